The molecule has 7 nitrogen and oxygen atoms in total. The Balaban J connectivity index is 1.06. The van der Waals surface area contributed by atoms with Gasteiger partial charge in [-0.25, -0.2) is 15.0 Å². The third-order valence-electron chi connectivity index (χ3n) is 12.4. The van der Waals surface area contributed by atoms with Crippen molar-refractivity contribution in [1.82, 2.24) is 19.5 Å². The first-order valence-electron chi connectivity index (χ1n) is 20.7. The van der Waals surface area contributed by atoms with Crippen molar-refractivity contribution in [2.24, 2.45) is 0 Å². The number of furan rings is 3. The van der Waals surface area contributed by atoms with Crippen molar-refractivity contribution in [3.8, 4) is 39.9 Å². The van der Waals surface area contributed by atoms with Gasteiger partial charge >= 0.3 is 0 Å². The fourth-order valence-corrected chi connectivity index (χ4v) is 9.55. The first kappa shape index (κ1) is 33.3. The Morgan fingerprint density at radius 3 is 1.44 bits per heavy atom. The van der Waals surface area contributed by atoms with E-state index in [1.54, 1.807) is 0 Å². The highest BCUT2D eigenvalue weighted by molar-refractivity contribution is 6.17. The third-order valence-corrected chi connectivity index (χ3v) is 12.4. The largest absolute Gasteiger partial charge is 0.456 e. The molecule has 5 aromatic heterocycles. The normalized spacial score (nSPS) is 12.2. The standard InChI is InChI=1S/C55H30N4O3/c1-2-12-32-28-44-40(25-31(32)11-1)36-13-3-7-17-43(36)59(44)45-29-35(30-51-52(45)39-16-6-10-20-48(39)62-51)55-57-53(33-21-23-49-41(26-33)37-14-4-8-18-46(37)60-49)56-54(58-55)34-22-24-50-42(27-34)38-15-5-9-19-47(38)61-50/h1-30H. The van der Waals surface area contributed by atoms with Crippen LogP contribution in [0.4, 0.5) is 0 Å². The quantitative estimate of drug-likeness (QED) is 0.176. The van der Waals surface area contributed by atoms with E-state index >= 15 is 0 Å². The van der Waals surface area contributed by atoms with Crippen LogP contribution in [0, 0.1) is 0 Å². The molecule has 0 saturated carbocycles. The number of aromatic nitrogens is 4. The molecule has 0 saturated heterocycles. The molecule has 62 heavy (non-hydrogen) atoms. The Bertz CT molecular complexity index is 4060. The van der Waals surface area contributed by atoms with Crippen molar-refractivity contribution in [2.75, 3.05) is 0 Å². The molecule has 0 aliphatic heterocycles. The van der Waals surface area contributed by atoms with Gasteiger partial charge < -0.3 is 17.8 Å². The second-order valence-corrected chi connectivity index (χ2v) is 16.0. The topological polar surface area (TPSA) is 83.0 Å². The highest BCUT2D eigenvalue weighted by Crippen LogP contribution is 2.42. The van der Waals surface area contributed by atoms with Gasteiger partial charge in [0.05, 0.1) is 22.1 Å². The number of rotatable bonds is 4. The average Bonchev–Trinajstić information content (AvgIpc) is 4.09. The summed E-state index contributed by atoms with van der Waals surface area (Å²) in [7, 11) is 0. The zero-order valence-electron chi connectivity index (χ0n) is 32.8. The van der Waals surface area contributed by atoms with Gasteiger partial charge in [0.2, 0.25) is 0 Å². The fourth-order valence-electron chi connectivity index (χ4n) is 9.55. The van der Waals surface area contributed by atoms with Crippen molar-refractivity contribution in [3.63, 3.8) is 0 Å². The molecule has 0 spiro atoms. The average molecular weight is 795 g/mol. The number of hydrogen-bond acceptors (Lipinski definition) is 6. The van der Waals surface area contributed by atoms with Gasteiger partial charge in [0, 0.05) is 54.4 Å². The van der Waals surface area contributed by atoms with Crippen LogP contribution in [0.1, 0.15) is 0 Å². The molecule has 0 unspecified atom stereocenters. The minimum atomic E-state index is 0.522. The molecule has 9 aromatic carbocycles. The van der Waals surface area contributed by atoms with E-state index in [1.165, 1.54) is 21.5 Å². The number of benzene rings is 9. The predicted molar refractivity (Wildman–Crippen MR) is 250 cm³/mol. The zero-order chi connectivity index (χ0) is 40.5. The van der Waals surface area contributed by atoms with Crippen molar-refractivity contribution >= 4 is 98.4 Å². The van der Waals surface area contributed by atoms with Crippen LogP contribution in [-0.4, -0.2) is 19.5 Å². The lowest BCUT2D eigenvalue weighted by atomic mass is 10.0. The second kappa shape index (κ2) is 12.5. The monoisotopic (exact) mass is 794 g/mol. The van der Waals surface area contributed by atoms with Gasteiger partial charge in [-0.05, 0) is 95.7 Å². The summed E-state index contributed by atoms with van der Waals surface area (Å²) in [5.41, 5.74) is 10.5. The number of fused-ring (bicyclic) bond motifs is 13. The van der Waals surface area contributed by atoms with Crippen LogP contribution in [0.15, 0.2) is 195 Å². The van der Waals surface area contributed by atoms with E-state index in [2.05, 4.69) is 114 Å². The molecule has 0 N–H and O–H groups in total. The zero-order valence-corrected chi connectivity index (χ0v) is 32.8. The molecule has 5 heterocycles. The minimum absolute atomic E-state index is 0.522. The molecule has 0 amide bonds. The molecular weight excluding hydrogens is 765 g/mol. The van der Waals surface area contributed by atoms with Crippen molar-refractivity contribution in [1.29, 1.82) is 0 Å². The molecule has 0 radical (unpaired) electrons. The van der Waals surface area contributed by atoms with Crippen LogP contribution in [-0.2, 0) is 0 Å². The van der Waals surface area contributed by atoms with Crippen molar-refractivity contribution in [2.45, 2.75) is 0 Å². The molecule has 14 rings (SSSR count). The lowest BCUT2D eigenvalue weighted by molar-refractivity contribution is 0.668. The van der Waals surface area contributed by atoms with E-state index in [0.717, 1.165) is 99.2 Å². The maximum atomic E-state index is 6.73. The lowest BCUT2D eigenvalue weighted by Gasteiger charge is -2.13. The molecule has 0 atom stereocenters. The van der Waals surface area contributed by atoms with Crippen LogP contribution in [0.3, 0.4) is 0 Å². The highest BCUT2D eigenvalue weighted by Gasteiger charge is 2.22. The predicted octanol–water partition coefficient (Wildman–Crippen LogP) is 14.8. The summed E-state index contributed by atoms with van der Waals surface area (Å²) in [4.78, 5) is 15.8. The molecule has 288 valence electrons. The summed E-state index contributed by atoms with van der Waals surface area (Å²) in [6.07, 6.45) is 0. The van der Waals surface area contributed by atoms with Crippen molar-refractivity contribution < 1.29 is 13.3 Å². The van der Waals surface area contributed by atoms with Gasteiger partial charge in [-0.15, -0.1) is 0 Å². The maximum Gasteiger partial charge on any atom is 0.164 e. The number of hydrogen-bond donors (Lipinski definition) is 0. The molecule has 14 aromatic rings. The summed E-state index contributed by atoms with van der Waals surface area (Å²) in [5, 5.41) is 10.8. The lowest BCUT2D eigenvalue weighted by Crippen LogP contribution is -2.01. The molecule has 0 fully saturated rings. The van der Waals surface area contributed by atoms with E-state index in [-0.39, 0.29) is 0 Å². The van der Waals surface area contributed by atoms with E-state index < -0.39 is 0 Å². The summed E-state index contributed by atoms with van der Waals surface area (Å²) in [6, 6.07) is 62.8. The minimum Gasteiger partial charge on any atom is -0.456 e. The first-order chi connectivity index (χ1) is 30.7. The van der Waals surface area contributed by atoms with Crippen LogP contribution < -0.4 is 0 Å². The summed E-state index contributed by atoms with van der Waals surface area (Å²) >= 11 is 0. The highest BCUT2D eigenvalue weighted by atomic mass is 16.3. The maximum absolute atomic E-state index is 6.73. The SMILES string of the molecule is c1ccc2cc3c(cc2c1)c1ccccc1n3-c1cc(-c2nc(-c3ccc4oc5ccccc5c4c3)nc(-c3ccc4oc5ccccc5c4c3)n2)cc2oc3ccccc3c12. The third kappa shape index (κ3) is 4.84. The Morgan fingerprint density at radius 2 is 0.790 bits per heavy atom. The summed E-state index contributed by atoms with van der Waals surface area (Å²) in [6.45, 7) is 0. The van der Waals surface area contributed by atoms with E-state index in [0.29, 0.717) is 17.5 Å². The van der Waals surface area contributed by atoms with Crippen LogP contribution in [0.2, 0.25) is 0 Å². The molecule has 7 heteroatoms. The van der Waals surface area contributed by atoms with Gasteiger partial charge in [-0.3, -0.25) is 0 Å². The second-order valence-electron chi connectivity index (χ2n) is 16.0. The Morgan fingerprint density at radius 1 is 0.306 bits per heavy atom. The Hall–Kier alpha value is -8.55. The summed E-state index contributed by atoms with van der Waals surface area (Å²) < 4.78 is 21.6. The van der Waals surface area contributed by atoms with Gasteiger partial charge in [0.15, 0.2) is 17.5 Å². The van der Waals surface area contributed by atoms with Gasteiger partial charge in [-0.1, -0.05) is 97.1 Å². The van der Waals surface area contributed by atoms with Gasteiger partial charge in [0.25, 0.3) is 0 Å². The van der Waals surface area contributed by atoms with Crippen LogP contribution >= 0.6 is 0 Å². The Labute approximate surface area is 351 Å². The molecule has 0 aliphatic rings. The smallest absolute Gasteiger partial charge is 0.164 e. The Kier molecular flexibility index (Phi) is 6.71. The molecular formula is C55H30N4O3. The fraction of sp³-hybridized carbons (Fsp3) is 0. The van der Waals surface area contributed by atoms with Crippen molar-refractivity contribution in [3.05, 3.63) is 182 Å². The van der Waals surface area contributed by atoms with Crippen LogP contribution in [0.25, 0.3) is 138 Å². The number of para-hydroxylation sites is 4. The molecule has 0 aliphatic carbocycles. The van der Waals surface area contributed by atoms with E-state index in [9.17, 15) is 0 Å². The number of nitrogens with zero attached hydrogens (tertiary/aromatic N) is 4. The van der Waals surface area contributed by atoms with Gasteiger partial charge in [0.1, 0.15) is 33.5 Å². The van der Waals surface area contributed by atoms with E-state index in [4.69, 9.17) is 28.2 Å². The van der Waals surface area contributed by atoms with Gasteiger partial charge in [-0.2, -0.15) is 0 Å². The van der Waals surface area contributed by atoms with E-state index in [1.807, 2.05) is 72.8 Å². The summed E-state index contributed by atoms with van der Waals surface area (Å²) in [5.74, 6) is 1.61. The first-order valence-corrected chi connectivity index (χ1v) is 20.7. The van der Waals surface area contributed by atoms with Crippen LogP contribution in [0.5, 0.6) is 0 Å². The molecule has 0 bridgehead atoms.